The lowest BCUT2D eigenvalue weighted by atomic mass is 9.92. The maximum Gasteiger partial charge on any atom is 0.119 e. The molecule has 0 heterocycles. The van der Waals surface area contributed by atoms with Crippen molar-refractivity contribution in [3.63, 3.8) is 0 Å². The van der Waals surface area contributed by atoms with Gasteiger partial charge in [0, 0.05) is 10.9 Å². The van der Waals surface area contributed by atoms with Gasteiger partial charge in [-0.05, 0) is 48.7 Å². The van der Waals surface area contributed by atoms with Gasteiger partial charge in [-0.1, -0.05) is 48.9 Å². The molecule has 0 radical (unpaired) electrons. The van der Waals surface area contributed by atoms with Crippen molar-refractivity contribution in [1.82, 2.24) is 0 Å². The Morgan fingerprint density at radius 1 is 1.10 bits per heavy atom. The fourth-order valence-corrected chi connectivity index (χ4v) is 2.64. The summed E-state index contributed by atoms with van der Waals surface area (Å²) < 4.78 is 5.60. The number of benzene rings is 2. The van der Waals surface area contributed by atoms with Crippen molar-refractivity contribution in [3.05, 3.63) is 64.7 Å². The molecule has 0 spiro atoms. The molecule has 2 aromatic rings. The minimum absolute atomic E-state index is 0.237. The van der Waals surface area contributed by atoms with E-state index < -0.39 is 0 Å². The summed E-state index contributed by atoms with van der Waals surface area (Å²) in [5, 5.41) is 0.788. The largest absolute Gasteiger partial charge is 0.494 e. The van der Waals surface area contributed by atoms with Gasteiger partial charge >= 0.3 is 0 Å². The number of rotatable bonds is 7. The molecule has 3 heteroatoms. The van der Waals surface area contributed by atoms with Gasteiger partial charge in [-0.2, -0.15) is 0 Å². The predicted molar refractivity (Wildman–Crippen MR) is 89.2 cm³/mol. The van der Waals surface area contributed by atoms with Crippen LogP contribution in [0.1, 0.15) is 30.4 Å². The van der Waals surface area contributed by atoms with Crippen LogP contribution in [0, 0.1) is 0 Å². The Bertz CT molecular complexity index is 553. The molecule has 0 aromatic heterocycles. The van der Waals surface area contributed by atoms with E-state index in [1.807, 2.05) is 30.3 Å². The average molecular weight is 304 g/mol. The van der Waals surface area contributed by atoms with Gasteiger partial charge in [0.1, 0.15) is 5.75 Å². The van der Waals surface area contributed by atoms with E-state index in [2.05, 4.69) is 25.1 Å². The van der Waals surface area contributed by atoms with Crippen molar-refractivity contribution >= 4 is 11.6 Å². The maximum atomic E-state index is 6.27. The van der Waals surface area contributed by atoms with E-state index in [1.54, 1.807) is 0 Å². The molecule has 1 unspecified atom stereocenters. The van der Waals surface area contributed by atoms with Gasteiger partial charge < -0.3 is 10.5 Å². The third-order valence-corrected chi connectivity index (χ3v) is 3.85. The minimum Gasteiger partial charge on any atom is -0.494 e. The Kier molecular flexibility index (Phi) is 6.09. The van der Waals surface area contributed by atoms with Crippen molar-refractivity contribution in [2.24, 2.45) is 5.73 Å². The Labute approximate surface area is 131 Å². The van der Waals surface area contributed by atoms with Gasteiger partial charge in [0.25, 0.3) is 0 Å². The van der Waals surface area contributed by atoms with Crippen LogP contribution in [0.5, 0.6) is 5.75 Å². The van der Waals surface area contributed by atoms with E-state index in [0.29, 0.717) is 6.54 Å². The van der Waals surface area contributed by atoms with Crippen LogP contribution in [0.2, 0.25) is 5.02 Å². The Morgan fingerprint density at radius 2 is 1.81 bits per heavy atom. The van der Waals surface area contributed by atoms with Gasteiger partial charge in [0.15, 0.2) is 0 Å². The predicted octanol–water partition coefficient (Wildman–Crippen LogP) is 4.41. The zero-order valence-corrected chi connectivity index (χ0v) is 13.1. The summed E-state index contributed by atoms with van der Waals surface area (Å²) in [4.78, 5) is 0. The summed E-state index contributed by atoms with van der Waals surface area (Å²) in [6.45, 7) is 3.44. The zero-order chi connectivity index (χ0) is 15.1. The second-order valence-corrected chi connectivity index (χ2v) is 5.56. The molecule has 112 valence electrons. The summed E-state index contributed by atoms with van der Waals surface area (Å²) in [6.07, 6.45) is 1.90. The lowest BCUT2D eigenvalue weighted by Gasteiger charge is -2.17. The SMILES string of the molecule is CCCOc1ccc(CC(CN)c2ccccc2Cl)cc1. The first-order valence-electron chi connectivity index (χ1n) is 7.40. The first-order valence-corrected chi connectivity index (χ1v) is 7.78. The first-order chi connectivity index (χ1) is 10.2. The summed E-state index contributed by atoms with van der Waals surface area (Å²) in [7, 11) is 0. The highest BCUT2D eigenvalue weighted by Crippen LogP contribution is 2.27. The topological polar surface area (TPSA) is 35.2 Å². The van der Waals surface area contributed by atoms with Crippen LogP contribution in [-0.4, -0.2) is 13.2 Å². The quantitative estimate of drug-likeness (QED) is 0.822. The molecule has 2 rings (SSSR count). The highest BCUT2D eigenvalue weighted by atomic mass is 35.5. The van der Waals surface area contributed by atoms with Crippen LogP contribution in [0.4, 0.5) is 0 Å². The minimum atomic E-state index is 0.237. The molecule has 0 aliphatic carbocycles. The highest BCUT2D eigenvalue weighted by molar-refractivity contribution is 6.31. The number of hydrogen-bond donors (Lipinski definition) is 1. The van der Waals surface area contributed by atoms with Crippen LogP contribution >= 0.6 is 11.6 Å². The summed E-state index contributed by atoms with van der Waals surface area (Å²) in [5.41, 5.74) is 8.30. The first kappa shape index (κ1) is 15.9. The zero-order valence-electron chi connectivity index (χ0n) is 12.4. The van der Waals surface area contributed by atoms with E-state index in [-0.39, 0.29) is 5.92 Å². The molecule has 2 nitrogen and oxygen atoms in total. The number of ether oxygens (including phenoxy) is 1. The van der Waals surface area contributed by atoms with E-state index in [4.69, 9.17) is 22.1 Å². The summed E-state index contributed by atoms with van der Waals surface area (Å²) >= 11 is 6.27. The van der Waals surface area contributed by atoms with Crippen LogP contribution in [0.15, 0.2) is 48.5 Å². The van der Waals surface area contributed by atoms with Gasteiger partial charge in [0.05, 0.1) is 6.61 Å². The number of nitrogens with two attached hydrogens (primary N) is 1. The molecule has 0 fully saturated rings. The smallest absolute Gasteiger partial charge is 0.119 e. The van der Waals surface area contributed by atoms with Crippen molar-refractivity contribution in [2.75, 3.05) is 13.2 Å². The summed E-state index contributed by atoms with van der Waals surface area (Å²) in [5.74, 6) is 1.16. The molecule has 0 aliphatic rings. The summed E-state index contributed by atoms with van der Waals surface area (Å²) in [6, 6.07) is 16.2. The molecule has 2 aromatic carbocycles. The fraction of sp³-hybridized carbons (Fsp3) is 0.333. The van der Waals surface area contributed by atoms with Crippen molar-refractivity contribution < 1.29 is 4.74 Å². The van der Waals surface area contributed by atoms with Gasteiger partial charge in [-0.25, -0.2) is 0 Å². The third kappa shape index (κ3) is 4.48. The molecule has 0 saturated heterocycles. The third-order valence-electron chi connectivity index (χ3n) is 3.51. The molecule has 2 N–H and O–H groups in total. The van der Waals surface area contributed by atoms with Crippen LogP contribution < -0.4 is 10.5 Å². The monoisotopic (exact) mass is 303 g/mol. The van der Waals surface area contributed by atoms with E-state index >= 15 is 0 Å². The highest BCUT2D eigenvalue weighted by Gasteiger charge is 2.13. The van der Waals surface area contributed by atoms with Gasteiger partial charge in [-0.3, -0.25) is 0 Å². The van der Waals surface area contributed by atoms with Crippen molar-refractivity contribution in [2.45, 2.75) is 25.7 Å². The second kappa shape index (κ2) is 8.06. The molecule has 0 amide bonds. The normalized spacial score (nSPS) is 12.1. The van der Waals surface area contributed by atoms with Crippen molar-refractivity contribution in [3.8, 4) is 5.75 Å². The lowest BCUT2D eigenvalue weighted by Crippen LogP contribution is -2.15. The Morgan fingerprint density at radius 3 is 2.43 bits per heavy atom. The standard InChI is InChI=1S/C18H22ClNO/c1-2-11-21-16-9-7-14(8-10-16)12-15(13-20)17-5-3-4-6-18(17)19/h3-10,15H,2,11-13,20H2,1H3. The van der Waals surface area contributed by atoms with E-state index in [1.165, 1.54) is 5.56 Å². The van der Waals surface area contributed by atoms with E-state index in [0.717, 1.165) is 35.8 Å². The number of hydrogen-bond acceptors (Lipinski definition) is 2. The Hall–Kier alpha value is -1.51. The molecule has 0 bridgehead atoms. The van der Waals surface area contributed by atoms with Crippen LogP contribution in [-0.2, 0) is 6.42 Å². The maximum absolute atomic E-state index is 6.27. The fourth-order valence-electron chi connectivity index (χ4n) is 2.35. The molecule has 0 saturated carbocycles. The molecule has 0 aliphatic heterocycles. The van der Waals surface area contributed by atoms with Crippen LogP contribution in [0.25, 0.3) is 0 Å². The molecule has 1 atom stereocenters. The van der Waals surface area contributed by atoms with Crippen LogP contribution in [0.3, 0.4) is 0 Å². The Balaban J connectivity index is 2.07. The van der Waals surface area contributed by atoms with Gasteiger partial charge in [-0.15, -0.1) is 0 Å². The molecular weight excluding hydrogens is 282 g/mol. The molecular formula is C18H22ClNO. The number of halogens is 1. The van der Waals surface area contributed by atoms with E-state index in [9.17, 15) is 0 Å². The molecule has 21 heavy (non-hydrogen) atoms. The lowest BCUT2D eigenvalue weighted by molar-refractivity contribution is 0.317. The van der Waals surface area contributed by atoms with Gasteiger partial charge in [0.2, 0.25) is 0 Å². The van der Waals surface area contributed by atoms with Crippen molar-refractivity contribution in [1.29, 1.82) is 0 Å². The average Bonchev–Trinajstić information content (AvgIpc) is 2.52. The second-order valence-electron chi connectivity index (χ2n) is 5.15.